The summed E-state index contributed by atoms with van der Waals surface area (Å²) in [6, 6.07) is 11.1. The SMILES string of the molecule is CCOc1ccc2nc(NC(=O)C(C)n3nc(-c4ccco4)ccc3=O)sc2c1. The number of thiazole rings is 1. The van der Waals surface area contributed by atoms with Crippen molar-refractivity contribution in [2.24, 2.45) is 0 Å². The molecule has 0 bridgehead atoms. The number of aromatic nitrogens is 3. The highest BCUT2D eigenvalue weighted by Crippen LogP contribution is 2.29. The van der Waals surface area contributed by atoms with E-state index in [0.29, 0.717) is 23.2 Å². The fourth-order valence-corrected chi connectivity index (χ4v) is 3.69. The number of nitrogens with zero attached hydrogens (tertiary/aromatic N) is 3. The van der Waals surface area contributed by atoms with Crippen LogP contribution in [-0.2, 0) is 4.79 Å². The van der Waals surface area contributed by atoms with Crippen molar-refractivity contribution in [3.05, 3.63) is 59.1 Å². The highest BCUT2D eigenvalue weighted by molar-refractivity contribution is 7.22. The Balaban J connectivity index is 1.56. The Bertz CT molecular complexity index is 1210. The van der Waals surface area contributed by atoms with Crippen molar-refractivity contribution in [2.45, 2.75) is 19.9 Å². The van der Waals surface area contributed by atoms with Crippen LogP contribution in [0.3, 0.4) is 0 Å². The van der Waals surface area contributed by atoms with Crippen molar-refractivity contribution >= 4 is 32.6 Å². The molecule has 9 heteroatoms. The number of carbonyl (C=O) groups excluding carboxylic acids is 1. The average molecular weight is 410 g/mol. The molecule has 3 aromatic heterocycles. The van der Waals surface area contributed by atoms with E-state index in [1.807, 2.05) is 25.1 Å². The summed E-state index contributed by atoms with van der Waals surface area (Å²) in [6.45, 7) is 4.10. The van der Waals surface area contributed by atoms with Gasteiger partial charge in [0.2, 0.25) is 0 Å². The maximum absolute atomic E-state index is 12.7. The van der Waals surface area contributed by atoms with Crippen molar-refractivity contribution in [3.8, 4) is 17.2 Å². The molecular formula is C20H18N4O4S. The van der Waals surface area contributed by atoms with Gasteiger partial charge >= 0.3 is 0 Å². The lowest BCUT2D eigenvalue weighted by atomic mass is 10.3. The number of anilines is 1. The van der Waals surface area contributed by atoms with Crippen molar-refractivity contribution in [1.82, 2.24) is 14.8 Å². The molecule has 4 aromatic rings. The number of benzene rings is 1. The van der Waals surface area contributed by atoms with Gasteiger partial charge in [0, 0.05) is 6.07 Å². The van der Waals surface area contributed by atoms with E-state index in [-0.39, 0.29) is 11.5 Å². The molecule has 1 atom stereocenters. The van der Waals surface area contributed by atoms with Crippen LogP contribution in [0, 0.1) is 0 Å². The largest absolute Gasteiger partial charge is 0.494 e. The molecule has 0 saturated carbocycles. The van der Waals surface area contributed by atoms with E-state index in [1.165, 1.54) is 23.7 Å². The third kappa shape index (κ3) is 3.90. The highest BCUT2D eigenvalue weighted by Gasteiger charge is 2.20. The van der Waals surface area contributed by atoms with E-state index in [2.05, 4.69) is 15.4 Å². The van der Waals surface area contributed by atoms with Crippen LogP contribution in [-0.4, -0.2) is 27.3 Å². The summed E-state index contributed by atoms with van der Waals surface area (Å²) in [5.41, 5.74) is 0.850. The van der Waals surface area contributed by atoms with Gasteiger partial charge in [0.25, 0.3) is 11.5 Å². The molecule has 3 heterocycles. The third-order valence-corrected chi connectivity index (χ3v) is 5.18. The lowest BCUT2D eigenvalue weighted by Gasteiger charge is -2.13. The van der Waals surface area contributed by atoms with Gasteiger partial charge in [0.15, 0.2) is 10.9 Å². The number of fused-ring (bicyclic) bond motifs is 1. The van der Waals surface area contributed by atoms with Gasteiger partial charge in [-0.05, 0) is 50.2 Å². The molecule has 0 radical (unpaired) electrons. The Kier molecular flexibility index (Phi) is 5.13. The molecule has 1 unspecified atom stereocenters. The Morgan fingerprint density at radius 3 is 2.93 bits per heavy atom. The zero-order valence-electron chi connectivity index (χ0n) is 15.8. The molecule has 1 aromatic carbocycles. The lowest BCUT2D eigenvalue weighted by molar-refractivity contribution is -0.119. The van der Waals surface area contributed by atoms with Crippen molar-refractivity contribution in [3.63, 3.8) is 0 Å². The maximum atomic E-state index is 12.7. The number of carbonyl (C=O) groups is 1. The van der Waals surface area contributed by atoms with Gasteiger partial charge < -0.3 is 14.5 Å². The van der Waals surface area contributed by atoms with E-state index in [4.69, 9.17) is 9.15 Å². The van der Waals surface area contributed by atoms with Crippen LogP contribution in [0.2, 0.25) is 0 Å². The first-order valence-electron chi connectivity index (χ1n) is 9.03. The summed E-state index contributed by atoms with van der Waals surface area (Å²) >= 11 is 1.34. The Morgan fingerprint density at radius 1 is 1.31 bits per heavy atom. The van der Waals surface area contributed by atoms with Crippen molar-refractivity contribution < 1.29 is 13.9 Å². The molecule has 148 valence electrons. The van der Waals surface area contributed by atoms with Crippen LogP contribution in [0.15, 0.2) is 57.9 Å². The van der Waals surface area contributed by atoms with Crippen molar-refractivity contribution in [1.29, 1.82) is 0 Å². The fourth-order valence-electron chi connectivity index (χ4n) is 2.79. The monoisotopic (exact) mass is 410 g/mol. The zero-order chi connectivity index (χ0) is 20.4. The predicted molar refractivity (Wildman–Crippen MR) is 110 cm³/mol. The standard InChI is InChI=1S/C20H18N4O4S/c1-3-27-13-6-7-15-17(11-13)29-20(21-15)22-19(26)12(2)24-18(25)9-8-14(23-24)16-5-4-10-28-16/h4-12H,3H2,1-2H3,(H,21,22,26). The second kappa shape index (κ2) is 7.88. The Labute approximate surface area is 169 Å². The van der Waals surface area contributed by atoms with Crippen LogP contribution in [0.1, 0.15) is 19.9 Å². The molecule has 0 fully saturated rings. The van der Waals surface area contributed by atoms with Crippen LogP contribution in [0.5, 0.6) is 5.75 Å². The zero-order valence-corrected chi connectivity index (χ0v) is 16.6. The molecule has 1 amide bonds. The molecule has 1 N–H and O–H groups in total. The summed E-state index contributed by atoms with van der Waals surface area (Å²) in [7, 11) is 0. The molecular weight excluding hydrogens is 392 g/mol. The molecule has 4 rings (SSSR count). The number of hydrogen-bond acceptors (Lipinski definition) is 7. The van der Waals surface area contributed by atoms with Gasteiger partial charge in [0.05, 0.1) is 23.1 Å². The number of furan rings is 1. The summed E-state index contributed by atoms with van der Waals surface area (Å²) in [5.74, 6) is 0.878. The van der Waals surface area contributed by atoms with E-state index < -0.39 is 6.04 Å². The first kappa shape index (κ1) is 18.9. The highest BCUT2D eigenvalue weighted by atomic mass is 32.1. The molecule has 0 saturated heterocycles. The summed E-state index contributed by atoms with van der Waals surface area (Å²) < 4.78 is 12.8. The molecule has 29 heavy (non-hydrogen) atoms. The second-order valence-electron chi connectivity index (χ2n) is 6.23. The second-order valence-corrected chi connectivity index (χ2v) is 7.26. The molecule has 0 aliphatic carbocycles. The van der Waals surface area contributed by atoms with Crippen LogP contribution < -0.4 is 15.6 Å². The lowest BCUT2D eigenvalue weighted by Crippen LogP contribution is -2.33. The smallest absolute Gasteiger partial charge is 0.267 e. The molecule has 0 aliphatic rings. The van der Waals surface area contributed by atoms with E-state index >= 15 is 0 Å². The van der Waals surface area contributed by atoms with E-state index in [1.54, 1.807) is 25.1 Å². The quantitative estimate of drug-likeness (QED) is 0.520. The molecule has 0 aliphatic heterocycles. The number of amides is 1. The minimum Gasteiger partial charge on any atom is -0.494 e. The van der Waals surface area contributed by atoms with Gasteiger partial charge in [-0.2, -0.15) is 5.10 Å². The minimum atomic E-state index is -0.830. The predicted octanol–water partition coefficient (Wildman–Crippen LogP) is 3.71. The van der Waals surface area contributed by atoms with Gasteiger partial charge in [0.1, 0.15) is 17.5 Å². The molecule has 0 spiro atoms. The minimum absolute atomic E-state index is 0.381. The summed E-state index contributed by atoms with van der Waals surface area (Å²) in [4.78, 5) is 29.4. The van der Waals surface area contributed by atoms with Gasteiger partial charge in [-0.1, -0.05) is 11.3 Å². The van der Waals surface area contributed by atoms with Crippen LogP contribution in [0.4, 0.5) is 5.13 Å². The van der Waals surface area contributed by atoms with Gasteiger partial charge in [-0.15, -0.1) is 0 Å². The number of rotatable bonds is 6. The number of ether oxygens (including phenoxy) is 1. The molecule has 8 nitrogen and oxygen atoms in total. The average Bonchev–Trinajstić information content (AvgIpc) is 3.37. The third-order valence-electron chi connectivity index (χ3n) is 4.25. The Morgan fingerprint density at radius 2 is 2.17 bits per heavy atom. The first-order valence-corrected chi connectivity index (χ1v) is 9.85. The number of hydrogen-bond donors (Lipinski definition) is 1. The van der Waals surface area contributed by atoms with Crippen LogP contribution >= 0.6 is 11.3 Å². The summed E-state index contributed by atoms with van der Waals surface area (Å²) in [5, 5.41) is 7.48. The van der Waals surface area contributed by atoms with Gasteiger partial charge in [-0.3, -0.25) is 9.59 Å². The van der Waals surface area contributed by atoms with Crippen molar-refractivity contribution in [2.75, 3.05) is 11.9 Å². The topological polar surface area (TPSA) is 99.2 Å². The first-order chi connectivity index (χ1) is 14.0. The maximum Gasteiger partial charge on any atom is 0.267 e. The van der Waals surface area contributed by atoms with Gasteiger partial charge in [-0.25, -0.2) is 9.67 Å². The normalized spacial score (nSPS) is 12.1. The van der Waals surface area contributed by atoms with E-state index in [0.717, 1.165) is 20.6 Å². The fraction of sp³-hybridized carbons (Fsp3) is 0.200. The Hall–Kier alpha value is -3.46. The van der Waals surface area contributed by atoms with Crippen LogP contribution in [0.25, 0.3) is 21.7 Å². The van der Waals surface area contributed by atoms with E-state index in [9.17, 15) is 9.59 Å². The number of nitrogens with one attached hydrogen (secondary N) is 1. The summed E-state index contributed by atoms with van der Waals surface area (Å²) in [6.07, 6.45) is 1.52.